The second kappa shape index (κ2) is 9.11. The predicted octanol–water partition coefficient (Wildman–Crippen LogP) is 2.80. The standard InChI is InChI=1S/C21H29N3O4S/c1-16-9-10-17(14-20(16)29(26,27)24-11-5-4-6-12-24)21(25)22-15-18(23(2)3)19-8-7-13-28-19/h7-10,13-14,18H,4-6,11-12,15H2,1-3H3,(H,22,25)/t18-/m1/s1. The number of amides is 1. The Hall–Kier alpha value is -2.16. The molecule has 1 amide bonds. The summed E-state index contributed by atoms with van der Waals surface area (Å²) >= 11 is 0. The van der Waals surface area contributed by atoms with Crippen LogP contribution in [0.4, 0.5) is 0 Å². The van der Waals surface area contributed by atoms with E-state index in [0.29, 0.717) is 30.8 Å². The van der Waals surface area contributed by atoms with Crippen LogP contribution in [0.5, 0.6) is 0 Å². The monoisotopic (exact) mass is 419 g/mol. The molecule has 2 aromatic rings. The molecule has 29 heavy (non-hydrogen) atoms. The van der Waals surface area contributed by atoms with Crippen molar-refractivity contribution < 1.29 is 17.6 Å². The van der Waals surface area contributed by atoms with Gasteiger partial charge >= 0.3 is 0 Å². The first kappa shape index (κ1) is 21.5. The number of piperidine rings is 1. The highest BCUT2D eigenvalue weighted by Crippen LogP contribution is 2.24. The number of sulfonamides is 1. The minimum absolute atomic E-state index is 0.115. The Morgan fingerprint density at radius 3 is 2.55 bits per heavy atom. The number of nitrogens with one attached hydrogen (secondary N) is 1. The quantitative estimate of drug-likeness (QED) is 0.746. The van der Waals surface area contributed by atoms with E-state index in [2.05, 4.69) is 5.32 Å². The molecule has 158 valence electrons. The van der Waals surface area contributed by atoms with Crippen LogP contribution >= 0.6 is 0 Å². The molecule has 1 atom stereocenters. The van der Waals surface area contributed by atoms with Crippen LogP contribution in [0, 0.1) is 6.92 Å². The zero-order chi connectivity index (χ0) is 21.0. The lowest BCUT2D eigenvalue weighted by Crippen LogP contribution is -2.36. The third-order valence-corrected chi connectivity index (χ3v) is 7.37. The minimum atomic E-state index is -3.60. The second-order valence-corrected chi connectivity index (χ2v) is 9.56. The summed E-state index contributed by atoms with van der Waals surface area (Å²) in [5, 5.41) is 2.90. The number of hydrogen-bond acceptors (Lipinski definition) is 5. The van der Waals surface area contributed by atoms with E-state index in [-0.39, 0.29) is 16.8 Å². The molecular weight excluding hydrogens is 390 g/mol. The smallest absolute Gasteiger partial charge is 0.251 e. The highest BCUT2D eigenvalue weighted by Gasteiger charge is 2.28. The topological polar surface area (TPSA) is 82.9 Å². The molecule has 1 saturated heterocycles. The lowest BCUT2D eigenvalue weighted by atomic mass is 10.1. The van der Waals surface area contributed by atoms with Gasteiger partial charge in [-0.15, -0.1) is 0 Å². The van der Waals surface area contributed by atoms with Gasteiger partial charge in [0, 0.05) is 25.2 Å². The van der Waals surface area contributed by atoms with Gasteiger partial charge in [0.05, 0.1) is 17.2 Å². The van der Waals surface area contributed by atoms with Gasteiger partial charge in [0.25, 0.3) is 5.91 Å². The van der Waals surface area contributed by atoms with E-state index in [0.717, 1.165) is 25.0 Å². The summed E-state index contributed by atoms with van der Waals surface area (Å²) in [7, 11) is 0.224. The van der Waals surface area contributed by atoms with Crippen LogP contribution < -0.4 is 5.32 Å². The van der Waals surface area contributed by atoms with Gasteiger partial charge in [-0.3, -0.25) is 9.69 Å². The van der Waals surface area contributed by atoms with Gasteiger partial charge in [-0.25, -0.2) is 8.42 Å². The maximum absolute atomic E-state index is 13.1. The maximum atomic E-state index is 13.1. The normalized spacial score (nSPS) is 16.7. The van der Waals surface area contributed by atoms with Crippen molar-refractivity contribution in [3.63, 3.8) is 0 Å². The summed E-state index contributed by atoms with van der Waals surface area (Å²) in [6.45, 7) is 3.18. The lowest BCUT2D eigenvalue weighted by molar-refractivity contribution is 0.0939. The number of carbonyl (C=O) groups is 1. The Kier molecular flexibility index (Phi) is 6.77. The van der Waals surface area contributed by atoms with E-state index in [1.54, 1.807) is 25.3 Å². The fraction of sp³-hybridized carbons (Fsp3) is 0.476. The molecule has 1 aliphatic rings. The Labute approximate surface area is 172 Å². The van der Waals surface area contributed by atoms with E-state index in [1.165, 1.54) is 10.4 Å². The molecule has 7 nitrogen and oxygen atoms in total. The highest BCUT2D eigenvalue weighted by atomic mass is 32.2. The Morgan fingerprint density at radius 1 is 1.21 bits per heavy atom. The molecule has 0 spiro atoms. The summed E-state index contributed by atoms with van der Waals surface area (Å²) in [5.74, 6) is 0.450. The van der Waals surface area contributed by atoms with Crippen molar-refractivity contribution in [3.8, 4) is 0 Å². The molecule has 1 N–H and O–H groups in total. The van der Waals surface area contributed by atoms with Crippen molar-refractivity contribution in [2.45, 2.75) is 37.1 Å². The molecular formula is C21H29N3O4S. The third kappa shape index (κ3) is 4.88. The van der Waals surface area contributed by atoms with E-state index >= 15 is 0 Å². The second-order valence-electron chi connectivity index (χ2n) is 7.65. The van der Waals surface area contributed by atoms with Gasteiger partial charge in [-0.1, -0.05) is 12.5 Å². The highest BCUT2D eigenvalue weighted by molar-refractivity contribution is 7.89. The van der Waals surface area contributed by atoms with E-state index < -0.39 is 10.0 Å². The van der Waals surface area contributed by atoms with Crippen LogP contribution in [0.3, 0.4) is 0 Å². The van der Waals surface area contributed by atoms with Crippen molar-refractivity contribution in [3.05, 3.63) is 53.5 Å². The summed E-state index contributed by atoms with van der Waals surface area (Å²) in [6, 6.07) is 8.42. The Morgan fingerprint density at radius 2 is 1.93 bits per heavy atom. The van der Waals surface area contributed by atoms with Gasteiger partial charge < -0.3 is 9.73 Å². The van der Waals surface area contributed by atoms with Crippen LogP contribution in [0.1, 0.15) is 47.0 Å². The number of furan rings is 1. The molecule has 3 rings (SSSR count). The first-order valence-corrected chi connectivity index (χ1v) is 11.3. The molecule has 8 heteroatoms. The van der Waals surface area contributed by atoms with Crippen LogP contribution in [0.25, 0.3) is 0 Å². The molecule has 1 aliphatic heterocycles. The summed E-state index contributed by atoms with van der Waals surface area (Å²) in [6.07, 6.45) is 4.40. The average molecular weight is 420 g/mol. The van der Waals surface area contributed by atoms with Crippen LogP contribution in [-0.2, 0) is 10.0 Å². The molecule has 0 saturated carbocycles. The number of rotatable bonds is 7. The van der Waals surface area contributed by atoms with Crippen molar-refractivity contribution in [1.82, 2.24) is 14.5 Å². The Bertz CT molecular complexity index is 933. The molecule has 0 bridgehead atoms. The van der Waals surface area contributed by atoms with Crippen molar-refractivity contribution in [1.29, 1.82) is 0 Å². The molecule has 1 aromatic carbocycles. The predicted molar refractivity (Wildman–Crippen MR) is 111 cm³/mol. The molecule has 0 radical (unpaired) electrons. The third-order valence-electron chi connectivity index (χ3n) is 5.33. The van der Waals surface area contributed by atoms with Crippen molar-refractivity contribution in [2.24, 2.45) is 0 Å². The zero-order valence-corrected chi connectivity index (χ0v) is 18.0. The van der Waals surface area contributed by atoms with E-state index in [4.69, 9.17) is 4.42 Å². The molecule has 0 aliphatic carbocycles. The molecule has 1 aromatic heterocycles. The van der Waals surface area contributed by atoms with E-state index in [1.807, 2.05) is 31.1 Å². The van der Waals surface area contributed by atoms with Gasteiger partial charge in [0.1, 0.15) is 5.76 Å². The molecule has 2 heterocycles. The van der Waals surface area contributed by atoms with Gasteiger partial charge in [-0.2, -0.15) is 4.31 Å². The van der Waals surface area contributed by atoms with Crippen molar-refractivity contribution >= 4 is 15.9 Å². The first-order valence-electron chi connectivity index (χ1n) is 9.89. The Balaban J connectivity index is 1.77. The zero-order valence-electron chi connectivity index (χ0n) is 17.2. The summed E-state index contributed by atoms with van der Waals surface area (Å²) in [5.41, 5.74) is 0.983. The fourth-order valence-corrected chi connectivity index (χ4v) is 5.34. The SMILES string of the molecule is Cc1ccc(C(=O)NC[C@H](c2ccco2)N(C)C)cc1S(=O)(=O)N1CCCCC1. The van der Waals surface area contributed by atoms with Crippen LogP contribution in [0.2, 0.25) is 0 Å². The molecule has 0 unspecified atom stereocenters. The van der Waals surface area contributed by atoms with Gasteiger partial charge in [0.15, 0.2) is 0 Å². The minimum Gasteiger partial charge on any atom is -0.468 e. The van der Waals surface area contributed by atoms with Gasteiger partial charge in [-0.05, 0) is 63.7 Å². The van der Waals surface area contributed by atoms with Crippen LogP contribution in [-0.4, -0.2) is 57.3 Å². The van der Waals surface area contributed by atoms with Gasteiger partial charge in [0.2, 0.25) is 10.0 Å². The largest absolute Gasteiger partial charge is 0.468 e. The fourth-order valence-electron chi connectivity index (χ4n) is 3.57. The number of likely N-dealkylation sites (N-methyl/N-ethyl adjacent to an activating group) is 1. The maximum Gasteiger partial charge on any atom is 0.251 e. The number of benzene rings is 1. The number of carbonyl (C=O) groups excluding carboxylic acids is 1. The van der Waals surface area contributed by atoms with Crippen LogP contribution in [0.15, 0.2) is 45.9 Å². The van der Waals surface area contributed by atoms with Crippen molar-refractivity contribution in [2.75, 3.05) is 33.7 Å². The molecule has 1 fully saturated rings. The number of hydrogen-bond donors (Lipinski definition) is 1. The lowest BCUT2D eigenvalue weighted by Gasteiger charge is -2.26. The van der Waals surface area contributed by atoms with E-state index in [9.17, 15) is 13.2 Å². The first-order chi connectivity index (χ1) is 13.8. The average Bonchev–Trinajstić information content (AvgIpc) is 3.23. The number of aryl methyl sites for hydroxylation is 1. The number of nitrogens with zero attached hydrogens (tertiary/aromatic N) is 2. The summed E-state index contributed by atoms with van der Waals surface area (Å²) < 4.78 is 33.1. The summed E-state index contributed by atoms with van der Waals surface area (Å²) in [4.78, 5) is 14.9.